The Bertz CT molecular complexity index is 891. The summed E-state index contributed by atoms with van der Waals surface area (Å²) >= 11 is 8.23. The zero-order valence-electron chi connectivity index (χ0n) is 9.99. The molecule has 0 N–H and O–H groups in total. The van der Waals surface area contributed by atoms with Gasteiger partial charge < -0.3 is 0 Å². The summed E-state index contributed by atoms with van der Waals surface area (Å²) < 4.78 is 27.2. The molecule has 0 aliphatic rings. The Morgan fingerprint density at radius 1 is 1.10 bits per heavy atom. The van der Waals surface area contributed by atoms with Crippen LogP contribution >= 0.6 is 34.2 Å². The van der Waals surface area contributed by atoms with Crippen LogP contribution in [-0.2, 0) is 10.0 Å². The van der Waals surface area contributed by atoms with Crippen LogP contribution in [0.2, 0.25) is 5.15 Å². The van der Waals surface area contributed by atoms with E-state index in [-0.39, 0.29) is 10.0 Å². The Morgan fingerprint density at radius 3 is 2.50 bits per heavy atom. The second kappa shape index (κ2) is 5.01. The lowest BCUT2D eigenvalue weighted by Crippen LogP contribution is -2.13. The van der Waals surface area contributed by atoms with Crippen molar-refractivity contribution in [1.29, 1.82) is 0 Å². The number of pyridine rings is 1. The van der Waals surface area contributed by atoms with Crippen molar-refractivity contribution in [2.75, 3.05) is 0 Å². The van der Waals surface area contributed by atoms with Gasteiger partial charge in [0.05, 0.1) is 8.47 Å². The van der Waals surface area contributed by atoms with E-state index >= 15 is 0 Å². The van der Waals surface area contributed by atoms with Crippen LogP contribution in [0.5, 0.6) is 0 Å². The van der Waals surface area contributed by atoms with E-state index in [4.69, 9.17) is 11.6 Å². The molecule has 4 nitrogen and oxygen atoms in total. The second-order valence-electron chi connectivity index (χ2n) is 4.06. The minimum Gasteiger partial charge on any atom is -0.237 e. The smallest absolute Gasteiger partial charge is 0.237 e. The van der Waals surface area contributed by atoms with Crippen molar-refractivity contribution in [2.45, 2.75) is 4.90 Å². The molecule has 2 aromatic heterocycles. The van der Waals surface area contributed by atoms with Gasteiger partial charge in [0.1, 0.15) is 5.15 Å². The molecule has 0 saturated heterocycles. The molecule has 102 valence electrons. The van der Waals surface area contributed by atoms with Crippen LogP contribution in [0.15, 0.2) is 53.6 Å². The molecule has 3 aromatic rings. The zero-order valence-corrected chi connectivity index (χ0v) is 13.7. The predicted molar refractivity (Wildman–Crippen MR) is 86.5 cm³/mol. The fraction of sp³-hybridized carbons (Fsp3) is 0. The van der Waals surface area contributed by atoms with Crippen molar-refractivity contribution in [3.05, 3.63) is 57.4 Å². The largest absolute Gasteiger partial charge is 0.270 e. The molecular formula is C13H8ClIN2O2S. The van der Waals surface area contributed by atoms with E-state index in [1.165, 1.54) is 12.1 Å². The summed E-state index contributed by atoms with van der Waals surface area (Å²) in [4.78, 5) is 4.33. The third-order valence-electron chi connectivity index (χ3n) is 2.86. The standard InChI is InChI=1S/C13H8ClIN2O2S/c14-12-11(15)10-7-4-8-16-13(10)17(12)20(18,19)9-5-2-1-3-6-9/h1-8H. The molecule has 0 saturated carbocycles. The van der Waals surface area contributed by atoms with Gasteiger partial charge in [-0.2, -0.15) is 0 Å². The van der Waals surface area contributed by atoms with E-state index in [0.29, 0.717) is 9.22 Å². The molecule has 0 fully saturated rings. The van der Waals surface area contributed by atoms with Crippen LogP contribution in [0.25, 0.3) is 11.0 Å². The summed E-state index contributed by atoms with van der Waals surface area (Å²) in [6.07, 6.45) is 1.55. The van der Waals surface area contributed by atoms with Crippen molar-refractivity contribution >= 4 is 55.2 Å². The molecule has 3 rings (SSSR count). The minimum absolute atomic E-state index is 0.156. The average molecular weight is 419 g/mol. The lowest BCUT2D eigenvalue weighted by Gasteiger charge is -2.07. The van der Waals surface area contributed by atoms with Crippen molar-refractivity contribution in [3.8, 4) is 0 Å². The SMILES string of the molecule is O=S(=O)(c1ccccc1)n1c(Cl)c(I)c2cccnc21. The Balaban J connectivity index is 2.39. The maximum atomic E-state index is 12.7. The molecule has 7 heteroatoms. The lowest BCUT2D eigenvalue weighted by molar-refractivity contribution is 0.589. The van der Waals surface area contributed by atoms with Gasteiger partial charge in [0.25, 0.3) is 10.0 Å². The van der Waals surface area contributed by atoms with E-state index in [1.54, 1.807) is 36.5 Å². The fourth-order valence-electron chi connectivity index (χ4n) is 1.94. The third-order valence-corrected chi connectivity index (χ3v) is 6.43. The van der Waals surface area contributed by atoms with Gasteiger partial charge in [0.2, 0.25) is 0 Å². The van der Waals surface area contributed by atoms with Crippen molar-refractivity contribution < 1.29 is 8.42 Å². The Labute approximate surface area is 134 Å². The molecule has 0 spiro atoms. The number of aromatic nitrogens is 2. The molecule has 0 aliphatic carbocycles. The number of benzene rings is 1. The van der Waals surface area contributed by atoms with Crippen molar-refractivity contribution in [1.82, 2.24) is 8.96 Å². The van der Waals surface area contributed by atoms with E-state index in [1.807, 2.05) is 22.6 Å². The Hall–Kier alpha value is -1.12. The number of rotatable bonds is 2. The van der Waals surface area contributed by atoms with Crippen molar-refractivity contribution in [3.63, 3.8) is 0 Å². The summed E-state index contributed by atoms with van der Waals surface area (Å²) in [6.45, 7) is 0. The fourth-order valence-corrected chi connectivity index (χ4v) is 4.61. The van der Waals surface area contributed by atoms with Gasteiger partial charge in [-0.05, 0) is 46.9 Å². The maximum Gasteiger partial charge on any atom is 0.270 e. The molecule has 0 bridgehead atoms. The first kappa shape index (κ1) is 13.8. The quantitative estimate of drug-likeness (QED) is 0.598. The van der Waals surface area contributed by atoms with Gasteiger partial charge in [-0.15, -0.1) is 0 Å². The summed E-state index contributed by atoms with van der Waals surface area (Å²) in [5.74, 6) is 0. The van der Waals surface area contributed by atoms with E-state index < -0.39 is 10.0 Å². The Kier molecular flexibility index (Phi) is 3.47. The number of hydrogen-bond acceptors (Lipinski definition) is 3. The molecule has 20 heavy (non-hydrogen) atoms. The van der Waals surface area contributed by atoms with Gasteiger partial charge >= 0.3 is 0 Å². The highest BCUT2D eigenvalue weighted by Crippen LogP contribution is 2.33. The van der Waals surface area contributed by atoms with E-state index in [0.717, 1.165) is 9.36 Å². The van der Waals surface area contributed by atoms with Gasteiger partial charge in [0, 0.05) is 11.6 Å². The minimum atomic E-state index is -3.76. The predicted octanol–water partition coefficient (Wildman–Crippen LogP) is 3.53. The molecule has 0 atom stereocenters. The first-order valence-electron chi connectivity index (χ1n) is 5.64. The summed E-state index contributed by atoms with van der Waals surface area (Å²) in [7, 11) is -3.76. The summed E-state index contributed by atoms with van der Waals surface area (Å²) in [5.41, 5.74) is 0.339. The molecule has 2 heterocycles. The number of halogens is 2. The number of fused-ring (bicyclic) bond motifs is 1. The first-order valence-corrected chi connectivity index (χ1v) is 8.54. The highest BCUT2D eigenvalue weighted by atomic mass is 127. The molecular weight excluding hydrogens is 411 g/mol. The molecule has 0 aliphatic heterocycles. The van der Waals surface area contributed by atoms with Gasteiger partial charge in [-0.3, -0.25) is 0 Å². The van der Waals surface area contributed by atoms with Gasteiger partial charge in [-0.25, -0.2) is 17.4 Å². The highest BCUT2D eigenvalue weighted by molar-refractivity contribution is 14.1. The van der Waals surface area contributed by atoms with E-state index in [2.05, 4.69) is 4.98 Å². The van der Waals surface area contributed by atoms with Crippen LogP contribution < -0.4 is 0 Å². The topological polar surface area (TPSA) is 52.0 Å². The summed E-state index contributed by atoms with van der Waals surface area (Å²) in [5, 5.41) is 0.876. The number of hydrogen-bond donors (Lipinski definition) is 0. The zero-order chi connectivity index (χ0) is 14.3. The van der Waals surface area contributed by atoms with E-state index in [9.17, 15) is 8.42 Å². The third kappa shape index (κ3) is 2.02. The monoisotopic (exact) mass is 418 g/mol. The lowest BCUT2D eigenvalue weighted by atomic mass is 10.3. The molecule has 0 amide bonds. The van der Waals surface area contributed by atoms with Gasteiger partial charge in [0.15, 0.2) is 5.65 Å². The molecule has 1 aromatic carbocycles. The second-order valence-corrected chi connectivity index (χ2v) is 7.29. The van der Waals surface area contributed by atoms with Crippen LogP contribution in [0.3, 0.4) is 0 Å². The first-order chi connectivity index (χ1) is 9.53. The van der Waals surface area contributed by atoms with Crippen LogP contribution in [0.1, 0.15) is 0 Å². The molecule has 0 unspecified atom stereocenters. The molecule has 0 radical (unpaired) electrons. The maximum absolute atomic E-state index is 12.7. The normalized spacial score (nSPS) is 11.9. The van der Waals surface area contributed by atoms with Gasteiger partial charge in [-0.1, -0.05) is 29.8 Å². The van der Waals surface area contributed by atoms with Crippen LogP contribution in [-0.4, -0.2) is 17.4 Å². The van der Waals surface area contributed by atoms with Crippen molar-refractivity contribution in [2.24, 2.45) is 0 Å². The highest BCUT2D eigenvalue weighted by Gasteiger charge is 2.25. The number of nitrogens with zero attached hydrogens (tertiary/aromatic N) is 2. The van der Waals surface area contributed by atoms with Crippen LogP contribution in [0.4, 0.5) is 0 Å². The average Bonchev–Trinajstić information content (AvgIpc) is 2.73. The Morgan fingerprint density at radius 2 is 1.80 bits per heavy atom. The summed E-state index contributed by atoms with van der Waals surface area (Å²) in [6, 6.07) is 11.7. The van der Waals surface area contributed by atoms with Crippen LogP contribution in [0, 0.1) is 3.57 Å².